The molecule has 4 aromatic rings. The number of thioether (sulfide) groups is 1. The Morgan fingerprint density at radius 2 is 1.87 bits per heavy atom. The molecule has 3 nitrogen and oxygen atoms in total. The van der Waals surface area contributed by atoms with E-state index in [1.54, 1.807) is 23.1 Å². The first kappa shape index (κ1) is 14.5. The van der Waals surface area contributed by atoms with E-state index in [0.717, 1.165) is 32.6 Å². The Morgan fingerprint density at radius 3 is 2.70 bits per heavy atom. The monoisotopic (exact) mass is 337 g/mol. The summed E-state index contributed by atoms with van der Waals surface area (Å²) in [6.07, 6.45) is 0. The van der Waals surface area contributed by atoms with E-state index in [0.29, 0.717) is 0 Å². The maximum Gasteiger partial charge on any atom is 0.166 e. The van der Waals surface area contributed by atoms with Crippen LogP contribution in [0.4, 0.5) is 0 Å². The van der Waals surface area contributed by atoms with E-state index in [1.165, 1.54) is 11.1 Å². The van der Waals surface area contributed by atoms with Gasteiger partial charge in [0, 0.05) is 16.7 Å². The molecular formula is C18H15N3S2. The number of para-hydroxylation sites is 2. The van der Waals surface area contributed by atoms with Crippen molar-refractivity contribution in [2.75, 3.05) is 0 Å². The average molecular weight is 337 g/mol. The van der Waals surface area contributed by atoms with Gasteiger partial charge in [0.05, 0.1) is 16.7 Å². The molecule has 0 aliphatic heterocycles. The third kappa shape index (κ3) is 3.16. The number of thiazole rings is 1. The zero-order chi connectivity index (χ0) is 15.6. The molecule has 0 atom stereocenters. The van der Waals surface area contributed by atoms with E-state index in [4.69, 9.17) is 4.98 Å². The van der Waals surface area contributed by atoms with Crippen LogP contribution in [0.25, 0.3) is 21.6 Å². The van der Waals surface area contributed by atoms with Crippen LogP contribution in [-0.4, -0.2) is 15.0 Å². The van der Waals surface area contributed by atoms with Gasteiger partial charge in [-0.1, -0.05) is 53.7 Å². The Labute approximate surface area is 142 Å². The number of imidazole rings is 1. The average Bonchev–Trinajstić information content (AvgIpc) is 3.20. The van der Waals surface area contributed by atoms with E-state index in [-0.39, 0.29) is 0 Å². The molecule has 0 unspecified atom stereocenters. The van der Waals surface area contributed by atoms with Crippen LogP contribution >= 0.6 is 23.1 Å². The number of aromatic nitrogens is 3. The molecule has 0 aliphatic rings. The summed E-state index contributed by atoms with van der Waals surface area (Å²) in [6.45, 7) is 2.10. The number of aromatic amines is 1. The van der Waals surface area contributed by atoms with Crippen LogP contribution in [-0.2, 0) is 5.75 Å². The molecule has 0 amide bonds. The van der Waals surface area contributed by atoms with Gasteiger partial charge in [-0.2, -0.15) is 0 Å². The molecule has 2 aromatic heterocycles. The second-order valence-electron chi connectivity index (χ2n) is 5.36. The Bertz CT molecular complexity index is 905. The molecule has 0 fully saturated rings. The van der Waals surface area contributed by atoms with Crippen LogP contribution in [0, 0.1) is 6.92 Å². The van der Waals surface area contributed by atoms with Gasteiger partial charge in [0.2, 0.25) is 0 Å². The number of rotatable bonds is 4. The summed E-state index contributed by atoms with van der Waals surface area (Å²) < 4.78 is 0. The summed E-state index contributed by atoms with van der Waals surface area (Å²) in [5.74, 6) is 0.822. The van der Waals surface area contributed by atoms with Gasteiger partial charge in [0.15, 0.2) is 5.16 Å². The normalized spacial score (nSPS) is 11.2. The zero-order valence-electron chi connectivity index (χ0n) is 12.6. The third-order valence-electron chi connectivity index (χ3n) is 3.57. The van der Waals surface area contributed by atoms with Gasteiger partial charge in [0.1, 0.15) is 5.01 Å². The highest BCUT2D eigenvalue weighted by Gasteiger charge is 2.07. The lowest BCUT2D eigenvalue weighted by atomic mass is 10.2. The molecule has 0 saturated carbocycles. The van der Waals surface area contributed by atoms with Gasteiger partial charge < -0.3 is 4.98 Å². The lowest BCUT2D eigenvalue weighted by Crippen LogP contribution is -1.83. The summed E-state index contributed by atoms with van der Waals surface area (Å²) >= 11 is 3.38. The maximum absolute atomic E-state index is 4.74. The summed E-state index contributed by atoms with van der Waals surface area (Å²) in [5, 5.41) is 4.14. The molecule has 2 heterocycles. The van der Waals surface area contributed by atoms with Crippen LogP contribution in [0.5, 0.6) is 0 Å². The van der Waals surface area contributed by atoms with Gasteiger partial charge >= 0.3 is 0 Å². The van der Waals surface area contributed by atoms with Crippen molar-refractivity contribution in [2.45, 2.75) is 17.8 Å². The number of nitrogens with zero attached hydrogens (tertiary/aromatic N) is 2. The van der Waals surface area contributed by atoms with Gasteiger partial charge in [0.25, 0.3) is 0 Å². The predicted octanol–water partition coefficient (Wildman–Crippen LogP) is 5.29. The molecular weight excluding hydrogens is 322 g/mol. The van der Waals surface area contributed by atoms with Crippen LogP contribution in [0.1, 0.15) is 11.3 Å². The van der Waals surface area contributed by atoms with Crippen LogP contribution < -0.4 is 0 Å². The summed E-state index contributed by atoms with van der Waals surface area (Å²) in [7, 11) is 0. The molecule has 5 heteroatoms. The SMILES string of the molecule is Cc1ccc(-c2nc(CSc3nc4ccccc4[nH]3)cs2)cc1. The summed E-state index contributed by atoms with van der Waals surface area (Å²) in [6, 6.07) is 16.6. The predicted molar refractivity (Wildman–Crippen MR) is 97.9 cm³/mol. The fourth-order valence-electron chi connectivity index (χ4n) is 2.34. The lowest BCUT2D eigenvalue weighted by Gasteiger charge is -1.97. The first-order valence-corrected chi connectivity index (χ1v) is 9.23. The van der Waals surface area contributed by atoms with E-state index >= 15 is 0 Å². The van der Waals surface area contributed by atoms with Crippen LogP contribution in [0.3, 0.4) is 0 Å². The molecule has 0 radical (unpaired) electrons. The molecule has 2 aromatic carbocycles. The highest BCUT2D eigenvalue weighted by Crippen LogP contribution is 2.28. The standard InChI is InChI=1S/C18H15N3S2/c1-12-6-8-13(9-7-12)17-19-14(10-22-17)11-23-18-20-15-4-2-3-5-16(15)21-18/h2-10H,11H2,1H3,(H,20,21). The topological polar surface area (TPSA) is 41.6 Å². The zero-order valence-corrected chi connectivity index (χ0v) is 14.2. The van der Waals surface area contributed by atoms with Gasteiger partial charge in [-0.3, -0.25) is 0 Å². The lowest BCUT2D eigenvalue weighted by molar-refractivity contribution is 1.07. The fraction of sp³-hybridized carbons (Fsp3) is 0.111. The molecule has 0 saturated heterocycles. The molecule has 1 N–H and O–H groups in total. The first-order chi connectivity index (χ1) is 11.3. The minimum absolute atomic E-state index is 0.822. The Balaban J connectivity index is 1.48. The van der Waals surface area contributed by atoms with Gasteiger partial charge in [-0.15, -0.1) is 11.3 Å². The smallest absolute Gasteiger partial charge is 0.166 e. The van der Waals surface area contributed by atoms with Crippen LogP contribution in [0.2, 0.25) is 0 Å². The summed E-state index contributed by atoms with van der Waals surface area (Å²) in [4.78, 5) is 12.7. The largest absolute Gasteiger partial charge is 0.333 e. The van der Waals surface area contributed by atoms with Gasteiger partial charge in [-0.25, -0.2) is 9.97 Å². The number of hydrogen-bond acceptors (Lipinski definition) is 4. The van der Waals surface area contributed by atoms with E-state index in [1.807, 2.05) is 24.3 Å². The van der Waals surface area contributed by atoms with E-state index in [9.17, 15) is 0 Å². The Kier molecular flexibility index (Phi) is 3.89. The molecule has 114 valence electrons. The molecule has 4 rings (SSSR count). The quantitative estimate of drug-likeness (QED) is 0.515. The molecule has 23 heavy (non-hydrogen) atoms. The number of hydrogen-bond donors (Lipinski definition) is 1. The molecule has 0 spiro atoms. The van der Waals surface area contributed by atoms with Crippen molar-refractivity contribution in [3.8, 4) is 10.6 Å². The second kappa shape index (κ2) is 6.18. The number of benzene rings is 2. The first-order valence-electron chi connectivity index (χ1n) is 7.37. The van der Waals surface area contributed by atoms with Crippen molar-refractivity contribution in [1.29, 1.82) is 0 Å². The molecule has 0 aliphatic carbocycles. The van der Waals surface area contributed by atoms with Gasteiger partial charge in [-0.05, 0) is 19.1 Å². The Hall–Kier alpha value is -2.11. The second-order valence-corrected chi connectivity index (χ2v) is 7.18. The van der Waals surface area contributed by atoms with Crippen molar-refractivity contribution >= 4 is 34.1 Å². The number of fused-ring (bicyclic) bond motifs is 1. The van der Waals surface area contributed by atoms with Crippen molar-refractivity contribution in [1.82, 2.24) is 15.0 Å². The third-order valence-corrected chi connectivity index (χ3v) is 5.42. The maximum atomic E-state index is 4.74. The van der Waals surface area contributed by atoms with Crippen LogP contribution in [0.15, 0.2) is 59.1 Å². The Morgan fingerprint density at radius 1 is 1.04 bits per heavy atom. The van der Waals surface area contributed by atoms with Crippen molar-refractivity contribution in [3.63, 3.8) is 0 Å². The highest BCUT2D eigenvalue weighted by atomic mass is 32.2. The highest BCUT2D eigenvalue weighted by molar-refractivity contribution is 7.98. The van der Waals surface area contributed by atoms with Crippen molar-refractivity contribution < 1.29 is 0 Å². The number of nitrogens with one attached hydrogen (secondary N) is 1. The number of aryl methyl sites for hydroxylation is 1. The minimum Gasteiger partial charge on any atom is -0.333 e. The minimum atomic E-state index is 0.822. The molecule has 0 bridgehead atoms. The van der Waals surface area contributed by atoms with Crippen molar-refractivity contribution in [3.05, 3.63) is 65.2 Å². The number of H-pyrrole nitrogens is 1. The van der Waals surface area contributed by atoms with E-state index in [2.05, 4.69) is 46.5 Å². The van der Waals surface area contributed by atoms with Crippen molar-refractivity contribution in [2.24, 2.45) is 0 Å². The fourth-order valence-corrected chi connectivity index (χ4v) is 4.05. The summed E-state index contributed by atoms with van der Waals surface area (Å²) in [5.41, 5.74) is 5.63. The van der Waals surface area contributed by atoms with E-state index < -0.39 is 0 Å².